The van der Waals surface area contributed by atoms with Gasteiger partial charge in [0.25, 0.3) is 5.91 Å². The molecule has 142 valence electrons. The Bertz CT molecular complexity index is 865. The van der Waals surface area contributed by atoms with E-state index in [4.69, 9.17) is 0 Å². The number of carbonyl (C=O) groups excluding carboxylic acids is 2. The number of carbonyl (C=O) groups is 2. The van der Waals surface area contributed by atoms with Gasteiger partial charge in [-0.1, -0.05) is 0 Å². The maximum Gasteiger partial charge on any atom is 0.325 e. The molecule has 0 aromatic heterocycles. The lowest BCUT2D eigenvalue weighted by Crippen LogP contribution is -2.63. The number of imide groups is 1. The van der Waals surface area contributed by atoms with Gasteiger partial charge in [-0.3, -0.25) is 15.0 Å². The largest absolute Gasteiger partial charge is 0.383 e. The third-order valence-electron chi connectivity index (χ3n) is 5.28. The molecule has 1 aromatic rings. The topological polar surface area (TPSA) is 80.3 Å². The molecule has 3 aliphatic rings. The number of nitrogens with zero attached hydrogens (tertiary/aromatic N) is 4. The normalized spacial score (nSPS) is 24.1. The SMILES string of the molecule is CC1=C(C)N2C(=NC3C2C(=O)NC(=O)N3C)N1CCNc1ccc(F)cc1. The van der Waals surface area contributed by atoms with Gasteiger partial charge in [0.15, 0.2) is 12.2 Å². The van der Waals surface area contributed by atoms with E-state index in [1.807, 2.05) is 23.6 Å². The number of benzene rings is 1. The van der Waals surface area contributed by atoms with Crippen LogP contribution in [0.2, 0.25) is 0 Å². The van der Waals surface area contributed by atoms with Gasteiger partial charge in [0, 0.05) is 37.2 Å². The quantitative estimate of drug-likeness (QED) is 0.834. The summed E-state index contributed by atoms with van der Waals surface area (Å²) in [6.07, 6.45) is -0.531. The summed E-state index contributed by atoms with van der Waals surface area (Å²) in [6, 6.07) is 5.21. The number of allylic oxidation sites excluding steroid dienone is 2. The highest BCUT2D eigenvalue weighted by molar-refractivity contribution is 6.05. The number of aliphatic imine (C=N–C) groups is 1. The average Bonchev–Trinajstić information content (AvgIpc) is 3.13. The van der Waals surface area contributed by atoms with Crippen LogP contribution in [-0.4, -0.2) is 64.9 Å². The molecule has 0 radical (unpaired) electrons. The number of hydrogen-bond donors (Lipinski definition) is 2. The second kappa shape index (κ2) is 6.26. The van der Waals surface area contributed by atoms with Gasteiger partial charge < -0.3 is 15.1 Å². The molecule has 3 aliphatic heterocycles. The summed E-state index contributed by atoms with van der Waals surface area (Å²) in [6.45, 7) is 5.16. The van der Waals surface area contributed by atoms with E-state index in [-0.39, 0.29) is 11.7 Å². The molecule has 2 atom stereocenters. The first-order chi connectivity index (χ1) is 12.9. The Labute approximate surface area is 156 Å². The predicted octanol–water partition coefficient (Wildman–Crippen LogP) is 1.35. The number of likely N-dealkylation sites (N-methyl/N-ethyl adjacent to an activating group) is 1. The summed E-state index contributed by atoms with van der Waals surface area (Å²) in [5.41, 5.74) is 2.79. The van der Waals surface area contributed by atoms with E-state index in [0.717, 1.165) is 17.1 Å². The van der Waals surface area contributed by atoms with Gasteiger partial charge >= 0.3 is 6.03 Å². The zero-order valence-electron chi connectivity index (χ0n) is 15.4. The number of anilines is 1. The highest BCUT2D eigenvalue weighted by Crippen LogP contribution is 2.35. The molecule has 1 aromatic carbocycles. The second-order valence-corrected chi connectivity index (χ2v) is 6.82. The lowest BCUT2D eigenvalue weighted by atomic mass is 10.1. The van der Waals surface area contributed by atoms with E-state index < -0.39 is 18.2 Å². The van der Waals surface area contributed by atoms with Crippen LogP contribution in [0.5, 0.6) is 0 Å². The fourth-order valence-electron chi connectivity index (χ4n) is 3.67. The highest BCUT2D eigenvalue weighted by atomic mass is 19.1. The number of hydrogen-bond acceptors (Lipinski definition) is 6. The van der Waals surface area contributed by atoms with E-state index in [0.29, 0.717) is 19.0 Å². The molecule has 0 aliphatic carbocycles. The van der Waals surface area contributed by atoms with E-state index in [1.165, 1.54) is 17.0 Å². The lowest BCUT2D eigenvalue weighted by Gasteiger charge is -2.35. The molecule has 27 heavy (non-hydrogen) atoms. The van der Waals surface area contributed by atoms with Crippen molar-refractivity contribution < 1.29 is 14.0 Å². The molecular weight excluding hydrogens is 351 g/mol. The fourth-order valence-corrected chi connectivity index (χ4v) is 3.67. The van der Waals surface area contributed by atoms with Crippen molar-refractivity contribution in [3.05, 3.63) is 41.5 Å². The fraction of sp³-hybridized carbons (Fsp3) is 0.389. The third kappa shape index (κ3) is 2.70. The summed E-state index contributed by atoms with van der Waals surface area (Å²) in [4.78, 5) is 34.3. The molecule has 9 heteroatoms. The molecule has 0 spiro atoms. The Morgan fingerprint density at radius 3 is 2.59 bits per heavy atom. The van der Waals surface area contributed by atoms with Crippen LogP contribution in [0.1, 0.15) is 13.8 Å². The molecule has 3 heterocycles. The first-order valence-electron chi connectivity index (χ1n) is 8.77. The zero-order chi connectivity index (χ0) is 19.3. The Kier molecular flexibility index (Phi) is 4.01. The maximum absolute atomic E-state index is 13.0. The number of halogens is 1. The molecular formula is C18H21FN6O2. The number of amides is 3. The van der Waals surface area contributed by atoms with Crippen molar-refractivity contribution in [1.82, 2.24) is 20.0 Å². The van der Waals surface area contributed by atoms with E-state index in [9.17, 15) is 14.0 Å². The minimum absolute atomic E-state index is 0.273. The molecule has 2 N–H and O–H groups in total. The van der Waals surface area contributed by atoms with Gasteiger partial charge in [-0.15, -0.1) is 0 Å². The van der Waals surface area contributed by atoms with Gasteiger partial charge in [0.2, 0.25) is 5.96 Å². The van der Waals surface area contributed by atoms with Crippen LogP contribution in [0.15, 0.2) is 40.7 Å². The summed E-state index contributed by atoms with van der Waals surface area (Å²) in [5, 5.41) is 5.63. The van der Waals surface area contributed by atoms with E-state index in [2.05, 4.69) is 15.6 Å². The van der Waals surface area contributed by atoms with Crippen LogP contribution in [-0.2, 0) is 4.79 Å². The summed E-state index contributed by atoms with van der Waals surface area (Å²) >= 11 is 0. The van der Waals surface area contributed by atoms with Gasteiger partial charge in [0.05, 0.1) is 0 Å². The van der Waals surface area contributed by atoms with Crippen LogP contribution in [0, 0.1) is 5.82 Å². The number of urea groups is 1. The molecule has 0 saturated carbocycles. The van der Waals surface area contributed by atoms with Crippen molar-refractivity contribution >= 4 is 23.6 Å². The zero-order valence-corrected chi connectivity index (χ0v) is 15.4. The number of rotatable bonds is 4. The van der Waals surface area contributed by atoms with Crippen LogP contribution in [0.3, 0.4) is 0 Å². The molecule has 4 rings (SSSR count). The van der Waals surface area contributed by atoms with Gasteiger partial charge in [-0.2, -0.15) is 0 Å². The van der Waals surface area contributed by atoms with Crippen LogP contribution >= 0.6 is 0 Å². The molecule has 3 amide bonds. The number of fused-ring (bicyclic) bond motifs is 3. The molecule has 1 saturated heterocycles. The van der Waals surface area contributed by atoms with Crippen molar-refractivity contribution in [3.63, 3.8) is 0 Å². The predicted molar refractivity (Wildman–Crippen MR) is 98.1 cm³/mol. The molecule has 2 unspecified atom stereocenters. The standard InChI is InChI=1S/C18H21FN6O2/c1-10-11(2)25-14-15(23(3)18(27)22-16(14)26)21-17(25)24(10)9-8-20-13-6-4-12(19)5-7-13/h4-7,14-15,20H,8-9H2,1-3H3,(H,22,26,27). The minimum atomic E-state index is -0.548. The molecule has 8 nitrogen and oxygen atoms in total. The van der Waals surface area contributed by atoms with Crippen LogP contribution < -0.4 is 10.6 Å². The average molecular weight is 372 g/mol. The minimum Gasteiger partial charge on any atom is -0.383 e. The van der Waals surface area contributed by atoms with E-state index in [1.54, 1.807) is 19.2 Å². The van der Waals surface area contributed by atoms with E-state index >= 15 is 0 Å². The Balaban J connectivity index is 1.51. The van der Waals surface area contributed by atoms with Crippen molar-refractivity contribution in [2.45, 2.75) is 26.1 Å². The number of guanidine groups is 1. The molecule has 0 bridgehead atoms. The van der Waals surface area contributed by atoms with Crippen molar-refractivity contribution in [2.75, 3.05) is 25.5 Å². The number of nitrogens with one attached hydrogen (secondary N) is 2. The van der Waals surface area contributed by atoms with Gasteiger partial charge in [-0.05, 0) is 38.1 Å². The summed E-state index contributed by atoms with van der Waals surface area (Å²) in [5.74, 6) is 0.0721. The second-order valence-electron chi connectivity index (χ2n) is 6.82. The smallest absolute Gasteiger partial charge is 0.325 e. The Morgan fingerprint density at radius 1 is 1.19 bits per heavy atom. The van der Waals surface area contributed by atoms with Gasteiger partial charge in [-0.25, -0.2) is 14.2 Å². The van der Waals surface area contributed by atoms with Gasteiger partial charge in [0.1, 0.15) is 5.82 Å². The Hall–Kier alpha value is -3.10. The van der Waals surface area contributed by atoms with Crippen molar-refractivity contribution in [1.29, 1.82) is 0 Å². The summed E-state index contributed by atoms with van der Waals surface area (Å²) < 4.78 is 13.0. The van der Waals surface area contributed by atoms with Crippen LogP contribution in [0.25, 0.3) is 0 Å². The molecule has 1 fully saturated rings. The Morgan fingerprint density at radius 2 is 1.89 bits per heavy atom. The maximum atomic E-state index is 13.0. The highest BCUT2D eigenvalue weighted by Gasteiger charge is 2.52. The lowest BCUT2D eigenvalue weighted by molar-refractivity contribution is -0.126. The summed E-state index contributed by atoms with van der Waals surface area (Å²) in [7, 11) is 1.64. The van der Waals surface area contributed by atoms with Crippen LogP contribution in [0.4, 0.5) is 14.9 Å². The van der Waals surface area contributed by atoms with Crippen molar-refractivity contribution in [3.8, 4) is 0 Å². The van der Waals surface area contributed by atoms with Crippen molar-refractivity contribution in [2.24, 2.45) is 4.99 Å². The first-order valence-corrected chi connectivity index (χ1v) is 8.77. The third-order valence-corrected chi connectivity index (χ3v) is 5.28. The first kappa shape index (κ1) is 17.3. The monoisotopic (exact) mass is 372 g/mol.